The zero-order valence-corrected chi connectivity index (χ0v) is 20.2. The van der Waals surface area contributed by atoms with Crippen LogP contribution in [-0.4, -0.2) is 35.5 Å². The lowest BCUT2D eigenvalue weighted by Gasteiger charge is -2.19. The van der Waals surface area contributed by atoms with E-state index < -0.39 is 18.5 Å². The van der Waals surface area contributed by atoms with Gasteiger partial charge in [0.25, 0.3) is 11.8 Å². The first-order valence-electron chi connectivity index (χ1n) is 11.4. The first-order chi connectivity index (χ1) is 16.3. The maximum absolute atomic E-state index is 12.5. The molecule has 1 fully saturated rings. The highest BCUT2D eigenvalue weighted by molar-refractivity contribution is 6.30. The normalized spacial score (nSPS) is 13.4. The summed E-state index contributed by atoms with van der Waals surface area (Å²) in [7, 11) is 0. The summed E-state index contributed by atoms with van der Waals surface area (Å²) in [6.07, 6.45) is 4.69. The van der Waals surface area contributed by atoms with Crippen molar-refractivity contribution in [3.8, 4) is 6.07 Å². The Morgan fingerprint density at radius 3 is 2.50 bits per heavy atom. The van der Waals surface area contributed by atoms with Crippen LogP contribution in [0.3, 0.4) is 0 Å². The van der Waals surface area contributed by atoms with Crippen molar-refractivity contribution in [1.29, 1.82) is 5.26 Å². The van der Waals surface area contributed by atoms with Crippen LogP contribution in [0.4, 0.5) is 5.82 Å². The molecule has 0 aliphatic heterocycles. The number of nitrogens with zero attached hydrogens (tertiary/aromatic N) is 2. The third kappa shape index (κ3) is 6.17. The molecule has 1 heterocycles. The summed E-state index contributed by atoms with van der Waals surface area (Å²) in [5.74, 6) is -0.795. The number of hydrogen-bond donors (Lipinski definition) is 2. The summed E-state index contributed by atoms with van der Waals surface area (Å²) in [5.41, 5.74) is 2.74. The minimum Gasteiger partial charge on any atom is -0.456 e. The number of halogens is 1. The molecule has 1 saturated carbocycles. The lowest BCUT2D eigenvalue weighted by atomic mass is 10.2. The quantitative estimate of drug-likeness (QED) is 0.403. The summed E-state index contributed by atoms with van der Waals surface area (Å²) in [6.45, 7) is 3.69. The van der Waals surface area contributed by atoms with E-state index in [9.17, 15) is 19.6 Å². The highest BCUT2D eigenvalue weighted by atomic mass is 35.5. The maximum Gasteiger partial charge on any atom is 0.306 e. The fourth-order valence-corrected chi connectivity index (χ4v) is 4.36. The van der Waals surface area contributed by atoms with E-state index in [2.05, 4.69) is 16.7 Å². The number of ether oxygens (including phenoxy) is 1. The number of carbonyl (C=O) groups excluding carboxylic acids is 3. The van der Waals surface area contributed by atoms with Crippen LogP contribution in [-0.2, 0) is 14.3 Å². The van der Waals surface area contributed by atoms with E-state index >= 15 is 0 Å². The molecule has 0 saturated heterocycles. The Bertz CT molecular complexity index is 1100. The van der Waals surface area contributed by atoms with Gasteiger partial charge in [-0.25, -0.2) is 0 Å². The number of amides is 2. The van der Waals surface area contributed by atoms with Crippen LogP contribution < -0.4 is 10.6 Å². The largest absolute Gasteiger partial charge is 0.456 e. The second-order valence-corrected chi connectivity index (χ2v) is 8.87. The minimum absolute atomic E-state index is 0.0638. The molecule has 3 rings (SSSR count). The van der Waals surface area contributed by atoms with E-state index in [1.54, 1.807) is 24.3 Å². The van der Waals surface area contributed by atoms with Crippen molar-refractivity contribution in [3.05, 3.63) is 51.7 Å². The SMILES string of the molecule is Cc1c(C#N)c(NC(=O)COC(=O)CCCNC(=O)c2ccc(Cl)cc2)n(C2CCCC2)c1C. The van der Waals surface area contributed by atoms with E-state index in [4.69, 9.17) is 16.3 Å². The van der Waals surface area contributed by atoms with Crippen LogP contribution in [0.15, 0.2) is 24.3 Å². The Balaban J connectivity index is 1.45. The second-order valence-electron chi connectivity index (χ2n) is 8.43. The number of carbonyl (C=O) groups is 3. The predicted octanol–water partition coefficient (Wildman–Crippen LogP) is 4.44. The number of benzene rings is 1. The van der Waals surface area contributed by atoms with Gasteiger partial charge in [0, 0.05) is 35.3 Å². The monoisotopic (exact) mass is 484 g/mol. The first kappa shape index (κ1) is 25.3. The summed E-state index contributed by atoms with van der Waals surface area (Å²) in [4.78, 5) is 36.6. The van der Waals surface area contributed by atoms with Crippen molar-refractivity contribution in [3.63, 3.8) is 0 Å². The van der Waals surface area contributed by atoms with E-state index in [0.29, 0.717) is 34.9 Å². The zero-order chi connectivity index (χ0) is 24.7. The van der Waals surface area contributed by atoms with Crippen molar-refractivity contribution < 1.29 is 19.1 Å². The molecule has 180 valence electrons. The van der Waals surface area contributed by atoms with Gasteiger partial charge in [-0.1, -0.05) is 24.4 Å². The molecule has 34 heavy (non-hydrogen) atoms. The smallest absolute Gasteiger partial charge is 0.306 e. The minimum atomic E-state index is -0.532. The molecule has 9 heteroatoms. The molecule has 1 aliphatic rings. The molecule has 2 N–H and O–H groups in total. The number of rotatable bonds is 9. The molecule has 0 radical (unpaired) electrons. The lowest BCUT2D eigenvalue weighted by molar-refractivity contribution is -0.147. The van der Waals surface area contributed by atoms with E-state index in [0.717, 1.165) is 36.9 Å². The molecule has 8 nitrogen and oxygen atoms in total. The Hall–Kier alpha value is -3.31. The Morgan fingerprint density at radius 2 is 1.85 bits per heavy atom. The molecule has 1 aromatic heterocycles. The molecule has 1 aromatic carbocycles. The van der Waals surface area contributed by atoms with Gasteiger partial charge >= 0.3 is 5.97 Å². The van der Waals surface area contributed by atoms with Gasteiger partial charge in [0.1, 0.15) is 11.9 Å². The average Bonchev–Trinajstić information content (AvgIpc) is 3.42. The van der Waals surface area contributed by atoms with Crippen molar-refractivity contribution in [2.45, 2.75) is 58.4 Å². The van der Waals surface area contributed by atoms with Crippen LogP contribution >= 0.6 is 11.6 Å². The Morgan fingerprint density at radius 1 is 1.18 bits per heavy atom. The van der Waals surface area contributed by atoms with Crippen molar-refractivity contribution in [1.82, 2.24) is 9.88 Å². The molecule has 2 amide bonds. The van der Waals surface area contributed by atoms with Crippen molar-refractivity contribution >= 4 is 35.2 Å². The average molecular weight is 485 g/mol. The van der Waals surface area contributed by atoms with Crippen LogP contribution in [0.25, 0.3) is 0 Å². The Labute approximate surface area is 204 Å². The number of anilines is 1. The van der Waals surface area contributed by atoms with Crippen molar-refractivity contribution in [2.75, 3.05) is 18.5 Å². The molecule has 2 aromatic rings. The topological polar surface area (TPSA) is 113 Å². The second kappa shape index (κ2) is 11.7. The van der Waals surface area contributed by atoms with Gasteiger partial charge in [-0.2, -0.15) is 5.26 Å². The number of hydrogen-bond acceptors (Lipinski definition) is 5. The molecule has 0 spiro atoms. The first-order valence-corrected chi connectivity index (χ1v) is 11.8. The third-order valence-electron chi connectivity index (χ3n) is 6.13. The predicted molar refractivity (Wildman–Crippen MR) is 129 cm³/mol. The molecular weight excluding hydrogens is 456 g/mol. The number of nitrogens with one attached hydrogen (secondary N) is 2. The van der Waals surface area contributed by atoms with Gasteiger partial charge in [0.2, 0.25) is 0 Å². The van der Waals surface area contributed by atoms with E-state index in [1.165, 1.54) is 0 Å². The molecule has 0 bridgehead atoms. The highest BCUT2D eigenvalue weighted by Gasteiger charge is 2.26. The fraction of sp³-hybridized carbons (Fsp3) is 0.440. The van der Waals surface area contributed by atoms with Gasteiger partial charge in [-0.3, -0.25) is 14.4 Å². The fourth-order valence-electron chi connectivity index (χ4n) is 4.23. The number of esters is 1. The van der Waals surface area contributed by atoms with E-state index in [1.807, 2.05) is 18.4 Å². The van der Waals surface area contributed by atoms with Crippen LogP contribution in [0, 0.1) is 25.2 Å². The summed E-state index contributed by atoms with van der Waals surface area (Å²) >= 11 is 5.81. The maximum atomic E-state index is 12.5. The van der Waals surface area contributed by atoms with Crippen molar-refractivity contribution in [2.24, 2.45) is 0 Å². The highest BCUT2D eigenvalue weighted by Crippen LogP contribution is 2.37. The van der Waals surface area contributed by atoms with Gasteiger partial charge in [0.05, 0.1) is 5.56 Å². The lowest BCUT2D eigenvalue weighted by Crippen LogP contribution is -2.26. The van der Waals surface area contributed by atoms with Gasteiger partial charge < -0.3 is 19.9 Å². The number of nitriles is 1. The van der Waals surface area contributed by atoms with Crippen LogP contribution in [0.5, 0.6) is 0 Å². The Kier molecular flexibility index (Phi) is 8.72. The van der Waals surface area contributed by atoms with Gasteiger partial charge in [0.15, 0.2) is 6.61 Å². The third-order valence-corrected chi connectivity index (χ3v) is 6.38. The van der Waals surface area contributed by atoms with Crippen LogP contribution in [0.2, 0.25) is 5.02 Å². The van der Waals surface area contributed by atoms with E-state index in [-0.39, 0.29) is 18.4 Å². The van der Waals surface area contributed by atoms with Gasteiger partial charge in [-0.05, 0) is 62.9 Å². The molecule has 0 unspecified atom stereocenters. The molecule has 0 atom stereocenters. The summed E-state index contributed by atoms with van der Waals surface area (Å²) < 4.78 is 7.13. The van der Waals surface area contributed by atoms with Crippen LogP contribution in [0.1, 0.15) is 71.7 Å². The molecular formula is C25H29ClN4O4. The summed E-state index contributed by atoms with van der Waals surface area (Å²) in [6, 6.07) is 8.94. The van der Waals surface area contributed by atoms with Gasteiger partial charge in [-0.15, -0.1) is 0 Å². The zero-order valence-electron chi connectivity index (χ0n) is 19.4. The standard InChI is InChI=1S/C25H29ClN4O4/c1-16-17(2)30(20-6-3-4-7-20)24(21(16)14-27)29-22(31)15-34-23(32)8-5-13-28-25(33)18-9-11-19(26)12-10-18/h9-12,20H,3-8,13,15H2,1-2H3,(H,28,33)(H,29,31). The summed E-state index contributed by atoms with van der Waals surface area (Å²) in [5, 5.41) is 15.7. The molecule has 1 aliphatic carbocycles. The number of aromatic nitrogens is 1.